The largest absolute Gasteiger partial charge is 0.478 e. The normalized spacial score (nSPS) is 24.6. The molecule has 1 aliphatic carbocycles. The van der Waals surface area contributed by atoms with Gasteiger partial charge < -0.3 is 5.11 Å². The molecule has 0 bridgehead atoms. The zero-order chi connectivity index (χ0) is 15.8. The standard InChI is InChI=1S/C17H22F2O2/c1-4-11(3)9-16(10-17(16,18)19)14-8-13(15(20)21)7-6-12(14)5-2/h6-8,11H,4-5,9-10H2,1-3H3,(H,20,21). The molecular weight excluding hydrogens is 274 g/mol. The molecule has 0 saturated heterocycles. The van der Waals surface area contributed by atoms with Crippen LogP contribution < -0.4 is 0 Å². The number of hydrogen-bond donors (Lipinski definition) is 1. The fourth-order valence-electron chi connectivity index (χ4n) is 3.16. The summed E-state index contributed by atoms with van der Waals surface area (Å²) >= 11 is 0. The Morgan fingerprint density at radius 3 is 2.43 bits per heavy atom. The smallest absolute Gasteiger partial charge is 0.335 e. The van der Waals surface area contributed by atoms with Crippen LogP contribution in [-0.2, 0) is 11.8 Å². The molecule has 2 rings (SSSR count). The third-order valence-corrected chi connectivity index (χ3v) is 4.75. The minimum atomic E-state index is -2.72. The van der Waals surface area contributed by atoms with Gasteiger partial charge in [-0.15, -0.1) is 0 Å². The van der Waals surface area contributed by atoms with Gasteiger partial charge in [0, 0.05) is 6.42 Å². The van der Waals surface area contributed by atoms with Gasteiger partial charge in [-0.3, -0.25) is 0 Å². The first-order chi connectivity index (χ1) is 9.77. The van der Waals surface area contributed by atoms with Gasteiger partial charge in [0.2, 0.25) is 0 Å². The molecule has 0 spiro atoms. The lowest BCUT2D eigenvalue weighted by molar-refractivity contribution is 0.0693. The first-order valence-corrected chi connectivity index (χ1v) is 7.52. The highest BCUT2D eigenvalue weighted by Gasteiger charge is 2.71. The molecular formula is C17H22F2O2. The second-order valence-corrected chi connectivity index (χ2v) is 6.21. The Morgan fingerprint density at radius 1 is 1.38 bits per heavy atom. The van der Waals surface area contributed by atoms with E-state index < -0.39 is 17.3 Å². The van der Waals surface area contributed by atoms with Crippen LogP contribution in [0, 0.1) is 5.92 Å². The van der Waals surface area contributed by atoms with E-state index in [-0.39, 0.29) is 17.9 Å². The molecule has 2 atom stereocenters. The summed E-state index contributed by atoms with van der Waals surface area (Å²) in [6.45, 7) is 5.88. The molecule has 0 aromatic heterocycles. The summed E-state index contributed by atoms with van der Waals surface area (Å²) in [6, 6.07) is 4.65. The van der Waals surface area contributed by atoms with Gasteiger partial charge in [-0.1, -0.05) is 33.3 Å². The summed E-state index contributed by atoms with van der Waals surface area (Å²) in [4.78, 5) is 11.2. The summed E-state index contributed by atoms with van der Waals surface area (Å²) in [5.41, 5.74) is 0.295. The Balaban J connectivity index is 2.50. The third kappa shape index (κ3) is 2.68. The van der Waals surface area contributed by atoms with Crippen molar-refractivity contribution in [3.8, 4) is 0 Å². The average Bonchev–Trinajstić information content (AvgIpc) is 2.99. The predicted molar refractivity (Wildman–Crippen MR) is 78.1 cm³/mol. The average molecular weight is 296 g/mol. The number of aryl methyl sites for hydroxylation is 1. The number of rotatable bonds is 6. The summed E-state index contributed by atoms with van der Waals surface area (Å²) in [5, 5.41) is 9.13. The molecule has 0 amide bonds. The number of carboxylic acids is 1. The molecule has 2 unspecified atom stereocenters. The quantitative estimate of drug-likeness (QED) is 0.829. The zero-order valence-corrected chi connectivity index (χ0v) is 12.7. The van der Waals surface area contributed by atoms with Gasteiger partial charge in [0.05, 0.1) is 11.0 Å². The van der Waals surface area contributed by atoms with Crippen LogP contribution in [0.5, 0.6) is 0 Å². The van der Waals surface area contributed by atoms with Crippen LogP contribution in [0.3, 0.4) is 0 Å². The fraction of sp³-hybridized carbons (Fsp3) is 0.588. The molecule has 1 fully saturated rings. The van der Waals surface area contributed by atoms with Crippen molar-refractivity contribution >= 4 is 5.97 Å². The monoisotopic (exact) mass is 296 g/mol. The highest BCUT2D eigenvalue weighted by Crippen LogP contribution is 2.65. The van der Waals surface area contributed by atoms with Crippen molar-refractivity contribution in [2.75, 3.05) is 0 Å². The van der Waals surface area contributed by atoms with Crippen LogP contribution in [-0.4, -0.2) is 17.0 Å². The topological polar surface area (TPSA) is 37.3 Å². The highest BCUT2D eigenvalue weighted by atomic mass is 19.3. The Bertz CT molecular complexity index is 554. The van der Waals surface area contributed by atoms with E-state index in [9.17, 15) is 13.6 Å². The first-order valence-electron chi connectivity index (χ1n) is 7.52. The van der Waals surface area contributed by atoms with Crippen molar-refractivity contribution in [1.82, 2.24) is 0 Å². The van der Waals surface area contributed by atoms with E-state index in [0.29, 0.717) is 18.4 Å². The van der Waals surface area contributed by atoms with Crippen molar-refractivity contribution in [2.45, 2.75) is 57.8 Å². The molecule has 0 heterocycles. The van der Waals surface area contributed by atoms with Crippen molar-refractivity contribution in [3.63, 3.8) is 0 Å². The van der Waals surface area contributed by atoms with Crippen LogP contribution in [0.1, 0.15) is 61.5 Å². The molecule has 1 aliphatic rings. The molecule has 1 aromatic carbocycles. The lowest BCUT2D eigenvalue weighted by atomic mass is 9.81. The third-order valence-electron chi connectivity index (χ3n) is 4.75. The summed E-state index contributed by atoms with van der Waals surface area (Å²) in [5.74, 6) is -3.60. The van der Waals surface area contributed by atoms with Gasteiger partial charge in [0.25, 0.3) is 5.92 Å². The number of alkyl halides is 2. The van der Waals surface area contributed by atoms with Crippen molar-refractivity contribution in [3.05, 3.63) is 34.9 Å². The van der Waals surface area contributed by atoms with Crippen LogP contribution in [0.4, 0.5) is 8.78 Å². The second-order valence-electron chi connectivity index (χ2n) is 6.21. The highest BCUT2D eigenvalue weighted by molar-refractivity contribution is 5.88. The summed E-state index contributed by atoms with van der Waals surface area (Å²) in [7, 11) is 0. The minimum absolute atomic E-state index is 0.0911. The maximum absolute atomic E-state index is 14.1. The molecule has 0 aliphatic heterocycles. The number of benzene rings is 1. The molecule has 21 heavy (non-hydrogen) atoms. The predicted octanol–water partition coefficient (Wildman–Crippen LogP) is 4.66. The van der Waals surface area contributed by atoms with Crippen LogP contribution in [0.25, 0.3) is 0 Å². The summed E-state index contributed by atoms with van der Waals surface area (Å²) in [6.07, 6.45) is 1.72. The van der Waals surface area contributed by atoms with Gasteiger partial charge in [0.15, 0.2) is 0 Å². The van der Waals surface area contributed by atoms with E-state index >= 15 is 0 Å². The summed E-state index contributed by atoms with van der Waals surface area (Å²) < 4.78 is 28.3. The second kappa shape index (κ2) is 5.39. The van der Waals surface area contributed by atoms with Gasteiger partial charge in [-0.05, 0) is 42.0 Å². The van der Waals surface area contributed by atoms with Crippen LogP contribution >= 0.6 is 0 Å². The Hall–Kier alpha value is -1.45. The molecule has 2 nitrogen and oxygen atoms in total. The minimum Gasteiger partial charge on any atom is -0.478 e. The van der Waals surface area contributed by atoms with Gasteiger partial charge >= 0.3 is 5.97 Å². The van der Waals surface area contributed by atoms with Crippen molar-refractivity contribution in [1.29, 1.82) is 0 Å². The number of aromatic carboxylic acids is 1. The van der Waals surface area contributed by atoms with E-state index in [2.05, 4.69) is 0 Å². The van der Waals surface area contributed by atoms with E-state index in [1.165, 1.54) is 12.1 Å². The SMILES string of the molecule is CCc1ccc(C(=O)O)cc1C1(CC(C)CC)CC1(F)F. The maximum atomic E-state index is 14.1. The van der Waals surface area contributed by atoms with Gasteiger partial charge in [0.1, 0.15) is 0 Å². The molecule has 1 aromatic rings. The van der Waals surface area contributed by atoms with Gasteiger partial charge in [-0.25, -0.2) is 13.6 Å². The molecule has 0 radical (unpaired) electrons. The Morgan fingerprint density at radius 2 is 2.00 bits per heavy atom. The molecule has 116 valence electrons. The van der Waals surface area contributed by atoms with E-state index in [4.69, 9.17) is 5.11 Å². The van der Waals surface area contributed by atoms with E-state index in [1.807, 2.05) is 20.8 Å². The number of hydrogen-bond acceptors (Lipinski definition) is 1. The first kappa shape index (κ1) is 15.9. The lowest BCUT2D eigenvalue weighted by Crippen LogP contribution is -2.22. The number of halogens is 2. The van der Waals surface area contributed by atoms with Crippen molar-refractivity contribution in [2.24, 2.45) is 5.92 Å². The van der Waals surface area contributed by atoms with Crippen LogP contribution in [0.15, 0.2) is 18.2 Å². The Labute approximate surface area is 124 Å². The molecule has 1 N–H and O–H groups in total. The molecule has 4 heteroatoms. The van der Waals surface area contributed by atoms with Crippen LogP contribution in [0.2, 0.25) is 0 Å². The van der Waals surface area contributed by atoms with E-state index in [0.717, 1.165) is 12.0 Å². The number of carbonyl (C=O) groups is 1. The van der Waals surface area contributed by atoms with Crippen molar-refractivity contribution < 1.29 is 18.7 Å². The zero-order valence-electron chi connectivity index (χ0n) is 12.7. The lowest BCUT2D eigenvalue weighted by Gasteiger charge is -2.23. The maximum Gasteiger partial charge on any atom is 0.335 e. The molecule has 1 saturated carbocycles. The fourth-order valence-corrected chi connectivity index (χ4v) is 3.16. The number of carboxylic acid groups (broad SMARTS) is 1. The van der Waals surface area contributed by atoms with Gasteiger partial charge in [-0.2, -0.15) is 0 Å². The Kier molecular flexibility index (Phi) is 4.09. The van der Waals surface area contributed by atoms with E-state index in [1.54, 1.807) is 6.07 Å².